The summed E-state index contributed by atoms with van der Waals surface area (Å²) in [4.78, 5) is 2.61. The first kappa shape index (κ1) is 15.3. The number of rotatable bonds is 6. The minimum absolute atomic E-state index is 0.126. The van der Waals surface area contributed by atoms with E-state index in [-0.39, 0.29) is 4.90 Å². The van der Waals surface area contributed by atoms with Crippen LogP contribution in [0.25, 0.3) is 0 Å². The van der Waals surface area contributed by atoms with Crippen LogP contribution >= 0.6 is 0 Å². The van der Waals surface area contributed by atoms with Gasteiger partial charge in [0.05, 0.1) is 4.90 Å². The number of alkyl halides is 3. The summed E-state index contributed by atoms with van der Waals surface area (Å²) in [5.41, 5.74) is 0.605. The second kappa shape index (κ2) is 5.38. The average molecular weight is 311 g/mol. The Hall–Kier alpha value is -1.06. The molecular weight excluding hydrogens is 295 g/mol. The lowest BCUT2D eigenvalue weighted by molar-refractivity contribution is -0.137. The van der Waals surface area contributed by atoms with Gasteiger partial charge in [-0.2, -0.15) is 17.5 Å². The molecule has 1 aliphatic rings. The number of sulfonamides is 1. The fraction of sp³-hybridized carbons (Fsp3) is 0.636. The second-order valence-electron chi connectivity index (χ2n) is 4.79. The number of H-pyrrole nitrogens is 1. The molecule has 1 heterocycles. The maximum atomic E-state index is 12.5. The molecule has 114 valence electrons. The third-order valence-corrected chi connectivity index (χ3v) is 4.86. The van der Waals surface area contributed by atoms with Crippen LogP contribution in [-0.4, -0.2) is 43.5 Å². The quantitative estimate of drug-likeness (QED) is 0.836. The third-order valence-electron chi connectivity index (χ3n) is 2.98. The lowest BCUT2D eigenvalue weighted by Crippen LogP contribution is -2.40. The van der Waals surface area contributed by atoms with E-state index in [9.17, 15) is 21.6 Å². The molecule has 2 rings (SSSR count). The van der Waals surface area contributed by atoms with Gasteiger partial charge in [-0.1, -0.05) is 0 Å². The van der Waals surface area contributed by atoms with Gasteiger partial charge in [0.25, 0.3) is 0 Å². The zero-order valence-electron chi connectivity index (χ0n) is 10.9. The number of nitrogens with zero attached hydrogens (tertiary/aromatic N) is 1. The highest BCUT2D eigenvalue weighted by Crippen LogP contribution is 2.34. The van der Waals surface area contributed by atoms with Crippen molar-refractivity contribution >= 4 is 10.0 Å². The summed E-state index contributed by atoms with van der Waals surface area (Å²) >= 11 is 0. The Bertz CT molecular complexity index is 564. The van der Waals surface area contributed by atoms with Crippen molar-refractivity contribution in [2.24, 2.45) is 0 Å². The van der Waals surface area contributed by atoms with Gasteiger partial charge in [-0.15, -0.1) is 0 Å². The van der Waals surface area contributed by atoms with E-state index in [0.717, 1.165) is 0 Å². The lowest BCUT2D eigenvalue weighted by atomic mass is 10.4. The Balaban J connectivity index is 2.25. The first-order chi connectivity index (χ1) is 9.24. The van der Waals surface area contributed by atoms with Gasteiger partial charge in [-0.05, 0) is 26.0 Å². The Labute approximate surface area is 115 Å². The van der Waals surface area contributed by atoms with E-state index in [1.807, 2.05) is 0 Å². The van der Waals surface area contributed by atoms with Crippen molar-refractivity contribution < 1.29 is 21.6 Å². The first-order valence-corrected chi connectivity index (χ1v) is 7.58. The zero-order chi connectivity index (χ0) is 15.0. The van der Waals surface area contributed by atoms with Gasteiger partial charge in [-0.25, -0.2) is 8.42 Å². The number of halogens is 3. The Morgan fingerprint density at radius 3 is 2.60 bits per heavy atom. The zero-order valence-corrected chi connectivity index (χ0v) is 11.7. The minimum Gasteiger partial charge on any atom is -0.363 e. The summed E-state index contributed by atoms with van der Waals surface area (Å²) in [5, 5.41) is 2.83. The summed E-state index contributed by atoms with van der Waals surface area (Å²) in [6, 6.07) is 0.821. The van der Waals surface area contributed by atoms with Crippen LogP contribution in [0.2, 0.25) is 0 Å². The lowest BCUT2D eigenvalue weighted by Gasteiger charge is -2.22. The van der Waals surface area contributed by atoms with Crippen LogP contribution in [0.5, 0.6) is 0 Å². The van der Waals surface area contributed by atoms with Crippen LogP contribution < -0.4 is 5.32 Å². The molecule has 20 heavy (non-hydrogen) atoms. The maximum Gasteiger partial charge on any atom is 0.402 e. The molecular formula is C11H16F3N3O2S. The predicted octanol–water partition coefficient (Wildman–Crippen LogP) is 1.45. The minimum atomic E-state index is -4.54. The molecule has 0 atom stereocenters. The van der Waals surface area contributed by atoms with Gasteiger partial charge in [0, 0.05) is 24.5 Å². The highest BCUT2D eigenvalue weighted by atomic mass is 32.2. The van der Waals surface area contributed by atoms with Crippen molar-refractivity contribution in [3.05, 3.63) is 18.0 Å². The standard InChI is InChI=1S/C11H16F3N3O2S/c1-15-5-8-4-10(6-16-8)20(18,19)17(9-2-3-9)7-11(12,13)14/h4,6,9,15-16H,2-3,5,7H2,1H3. The van der Waals surface area contributed by atoms with Crippen molar-refractivity contribution in [2.45, 2.75) is 36.5 Å². The molecule has 1 saturated carbocycles. The Morgan fingerprint density at radius 2 is 2.10 bits per heavy atom. The molecule has 5 nitrogen and oxygen atoms in total. The SMILES string of the molecule is CNCc1cc(S(=O)(=O)N(CC(F)(F)F)C2CC2)c[nH]1. The number of hydrogen-bond acceptors (Lipinski definition) is 3. The predicted molar refractivity (Wildman–Crippen MR) is 66.5 cm³/mol. The summed E-state index contributed by atoms with van der Waals surface area (Å²) in [6.07, 6.45) is -2.36. The van der Waals surface area contributed by atoms with Crippen LogP contribution in [0.3, 0.4) is 0 Å². The normalized spacial score (nSPS) is 16.9. The molecule has 1 aromatic heterocycles. The molecule has 1 aliphatic carbocycles. The largest absolute Gasteiger partial charge is 0.402 e. The smallest absolute Gasteiger partial charge is 0.363 e. The molecule has 0 amide bonds. The van der Waals surface area contributed by atoms with E-state index >= 15 is 0 Å². The van der Waals surface area contributed by atoms with Crippen molar-refractivity contribution in [3.63, 3.8) is 0 Å². The molecule has 2 N–H and O–H groups in total. The van der Waals surface area contributed by atoms with Crippen LogP contribution in [0.15, 0.2) is 17.2 Å². The van der Waals surface area contributed by atoms with Gasteiger partial charge < -0.3 is 10.3 Å². The molecule has 9 heteroatoms. The Kier molecular flexibility index (Phi) is 4.12. The monoisotopic (exact) mass is 311 g/mol. The molecule has 0 spiro atoms. The van der Waals surface area contributed by atoms with Gasteiger partial charge in [-0.3, -0.25) is 0 Å². The molecule has 1 aromatic rings. The van der Waals surface area contributed by atoms with Crippen LogP contribution in [0.1, 0.15) is 18.5 Å². The number of aromatic amines is 1. The number of nitrogens with one attached hydrogen (secondary N) is 2. The summed E-state index contributed by atoms with van der Waals surface area (Å²) in [5.74, 6) is 0. The van der Waals surface area contributed by atoms with Gasteiger partial charge in [0.2, 0.25) is 10.0 Å². The van der Waals surface area contributed by atoms with E-state index in [0.29, 0.717) is 29.4 Å². The van der Waals surface area contributed by atoms with Crippen molar-refractivity contribution in [2.75, 3.05) is 13.6 Å². The molecule has 0 radical (unpaired) electrons. The molecule has 0 unspecified atom stereocenters. The fourth-order valence-electron chi connectivity index (χ4n) is 1.95. The maximum absolute atomic E-state index is 12.5. The van der Waals surface area contributed by atoms with Crippen molar-refractivity contribution in [1.82, 2.24) is 14.6 Å². The van der Waals surface area contributed by atoms with Crippen molar-refractivity contribution in [3.8, 4) is 0 Å². The number of hydrogen-bond donors (Lipinski definition) is 2. The topological polar surface area (TPSA) is 65.2 Å². The third kappa shape index (κ3) is 3.53. The van der Waals surface area contributed by atoms with E-state index in [4.69, 9.17) is 0 Å². The first-order valence-electron chi connectivity index (χ1n) is 6.14. The average Bonchev–Trinajstić information content (AvgIpc) is 3.04. The van der Waals surface area contributed by atoms with Crippen LogP contribution in [-0.2, 0) is 16.6 Å². The summed E-state index contributed by atoms with van der Waals surface area (Å²) in [6.45, 7) is -1.02. The van der Waals surface area contributed by atoms with E-state index in [1.54, 1.807) is 7.05 Å². The fourth-order valence-corrected chi connectivity index (χ4v) is 3.63. The second-order valence-corrected chi connectivity index (χ2v) is 6.68. The van der Waals surface area contributed by atoms with Crippen LogP contribution in [0, 0.1) is 0 Å². The summed E-state index contributed by atoms with van der Waals surface area (Å²) < 4.78 is 62.8. The summed E-state index contributed by atoms with van der Waals surface area (Å²) in [7, 11) is -2.42. The van der Waals surface area contributed by atoms with E-state index in [2.05, 4.69) is 10.3 Å². The Morgan fingerprint density at radius 1 is 1.45 bits per heavy atom. The van der Waals surface area contributed by atoms with Gasteiger partial charge in [0.1, 0.15) is 6.54 Å². The van der Waals surface area contributed by atoms with Crippen molar-refractivity contribution in [1.29, 1.82) is 0 Å². The van der Waals surface area contributed by atoms with E-state index < -0.39 is 28.8 Å². The molecule has 0 saturated heterocycles. The molecule has 1 fully saturated rings. The highest BCUT2D eigenvalue weighted by Gasteiger charge is 2.44. The van der Waals surface area contributed by atoms with Gasteiger partial charge in [0.15, 0.2) is 0 Å². The highest BCUT2D eigenvalue weighted by molar-refractivity contribution is 7.89. The number of aromatic nitrogens is 1. The van der Waals surface area contributed by atoms with Gasteiger partial charge >= 0.3 is 6.18 Å². The van der Waals surface area contributed by atoms with E-state index in [1.165, 1.54) is 12.3 Å². The molecule has 0 aliphatic heterocycles. The molecule has 0 aromatic carbocycles. The molecule has 0 bridgehead atoms. The van der Waals surface area contributed by atoms with Crippen LogP contribution in [0.4, 0.5) is 13.2 Å².